The van der Waals surface area contributed by atoms with Gasteiger partial charge in [0.1, 0.15) is 0 Å². The number of aromatic nitrogens is 4. The maximum atomic E-state index is 11.8. The standard InChI is InChI=1S/C12H16N6OS2/c1-18-12(15-16-17-18)21-8-7-13-11(19)14-9-5-3-4-6-10(9)20-2/h3-6H,7-8H2,1-2H3,(H2,13,14,19). The van der Waals surface area contributed by atoms with Crippen molar-refractivity contribution in [1.29, 1.82) is 0 Å². The molecule has 1 aromatic heterocycles. The van der Waals surface area contributed by atoms with Crippen LogP contribution in [0.1, 0.15) is 0 Å². The number of thioether (sulfide) groups is 2. The van der Waals surface area contributed by atoms with E-state index in [0.717, 1.165) is 15.7 Å². The summed E-state index contributed by atoms with van der Waals surface area (Å²) in [7, 11) is 1.78. The maximum absolute atomic E-state index is 11.8. The molecule has 2 rings (SSSR count). The Balaban J connectivity index is 1.74. The van der Waals surface area contributed by atoms with Crippen molar-refractivity contribution in [3.63, 3.8) is 0 Å². The number of amides is 2. The third-order valence-electron chi connectivity index (χ3n) is 2.56. The van der Waals surface area contributed by atoms with Gasteiger partial charge in [0.25, 0.3) is 0 Å². The number of rotatable bonds is 6. The van der Waals surface area contributed by atoms with Crippen LogP contribution in [0.5, 0.6) is 0 Å². The molecule has 0 aliphatic rings. The van der Waals surface area contributed by atoms with Crippen molar-refractivity contribution >= 4 is 35.2 Å². The second-order valence-electron chi connectivity index (χ2n) is 4.01. The molecule has 2 N–H and O–H groups in total. The van der Waals surface area contributed by atoms with Crippen LogP contribution in [0.3, 0.4) is 0 Å². The van der Waals surface area contributed by atoms with Crippen molar-refractivity contribution in [2.24, 2.45) is 7.05 Å². The molecular formula is C12H16N6OS2. The molecule has 1 aromatic carbocycles. The minimum Gasteiger partial charge on any atom is -0.337 e. The fourth-order valence-electron chi connectivity index (χ4n) is 1.56. The predicted molar refractivity (Wildman–Crippen MR) is 84.8 cm³/mol. The number of hydrogen-bond donors (Lipinski definition) is 2. The molecule has 0 saturated heterocycles. The maximum Gasteiger partial charge on any atom is 0.319 e. The van der Waals surface area contributed by atoms with E-state index in [4.69, 9.17) is 0 Å². The molecule has 0 spiro atoms. The summed E-state index contributed by atoms with van der Waals surface area (Å²) in [6.07, 6.45) is 1.98. The number of anilines is 1. The van der Waals surface area contributed by atoms with Crippen molar-refractivity contribution in [2.75, 3.05) is 23.9 Å². The number of tetrazole rings is 1. The summed E-state index contributed by atoms with van der Waals surface area (Å²) >= 11 is 3.08. The molecule has 9 heteroatoms. The predicted octanol–water partition coefficient (Wildman–Crippen LogP) is 1.85. The first kappa shape index (κ1) is 15.6. The van der Waals surface area contributed by atoms with Crippen molar-refractivity contribution < 1.29 is 4.79 Å². The summed E-state index contributed by atoms with van der Waals surface area (Å²) in [5.41, 5.74) is 0.813. The Morgan fingerprint density at radius 1 is 1.38 bits per heavy atom. The molecule has 0 unspecified atom stereocenters. The Bertz CT molecular complexity index is 603. The zero-order chi connectivity index (χ0) is 15.1. The molecule has 0 aliphatic carbocycles. The highest BCUT2D eigenvalue weighted by molar-refractivity contribution is 7.99. The zero-order valence-corrected chi connectivity index (χ0v) is 13.4. The number of urea groups is 1. The number of carbonyl (C=O) groups is 1. The number of carbonyl (C=O) groups excluding carboxylic acids is 1. The number of benzene rings is 1. The fourth-order valence-corrected chi connectivity index (χ4v) is 2.82. The number of hydrogen-bond acceptors (Lipinski definition) is 6. The lowest BCUT2D eigenvalue weighted by atomic mass is 10.3. The highest BCUT2D eigenvalue weighted by Crippen LogP contribution is 2.24. The monoisotopic (exact) mass is 324 g/mol. The largest absolute Gasteiger partial charge is 0.337 e. The molecule has 7 nitrogen and oxygen atoms in total. The van der Waals surface area contributed by atoms with E-state index in [1.165, 1.54) is 11.8 Å². The first-order valence-corrected chi connectivity index (χ1v) is 8.44. The average Bonchev–Trinajstić information content (AvgIpc) is 2.89. The molecule has 2 aromatic rings. The topological polar surface area (TPSA) is 84.7 Å². The number of aryl methyl sites for hydroxylation is 1. The molecule has 21 heavy (non-hydrogen) atoms. The molecule has 0 saturated carbocycles. The smallest absolute Gasteiger partial charge is 0.319 e. The molecule has 112 valence electrons. The quantitative estimate of drug-likeness (QED) is 0.623. The van der Waals surface area contributed by atoms with Gasteiger partial charge in [0.05, 0.1) is 5.69 Å². The van der Waals surface area contributed by atoms with Crippen molar-refractivity contribution in [1.82, 2.24) is 25.5 Å². The van der Waals surface area contributed by atoms with Crippen molar-refractivity contribution in [3.8, 4) is 0 Å². The van der Waals surface area contributed by atoms with E-state index in [2.05, 4.69) is 26.2 Å². The van der Waals surface area contributed by atoms with Gasteiger partial charge >= 0.3 is 6.03 Å². The van der Waals surface area contributed by atoms with Gasteiger partial charge in [0.2, 0.25) is 5.16 Å². The third kappa shape index (κ3) is 4.64. The Kier molecular flexibility index (Phi) is 5.88. The van der Waals surface area contributed by atoms with Gasteiger partial charge in [-0.2, -0.15) is 0 Å². The van der Waals surface area contributed by atoms with Crippen LogP contribution >= 0.6 is 23.5 Å². The zero-order valence-electron chi connectivity index (χ0n) is 11.7. The molecule has 0 bridgehead atoms. The van der Waals surface area contributed by atoms with E-state index in [1.54, 1.807) is 23.5 Å². The van der Waals surface area contributed by atoms with Gasteiger partial charge in [-0.25, -0.2) is 9.48 Å². The van der Waals surface area contributed by atoms with E-state index >= 15 is 0 Å². The van der Waals surface area contributed by atoms with E-state index in [9.17, 15) is 4.79 Å². The molecule has 0 radical (unpaired) electrons. The van der Waals surface area contributed by atoms with Crippen LogP contribution in [0.15, 0.2) is 34.3 Å². The van der Waals surface area contributed by atoms with E-state index in [-0.39, 0.29) is 6.03 Å². The van der Waals surface area contributed by atoms with Crippen molar-refractivity contribution in [2.45, 2.75) is 10.1 Å². The Morgan fingerprint density at radius 3 is 2.90 bits per heavy atom. The van der Waals surface area contributed by atoms with Gasteiger partial charge < -0.3 is 10.6 Å². The van der Waals surface area contributed by atoms with Gasteiger partial charge in [-0.05, 0) is 28.8 Å². The van der Waals surface area contributed by atoms with Gasteiger partial charge in [0, 0.05) is 24.2 Å². The van der Waals surface area contributed by atoms with Crippen LogP contribution in [0.2, 0.25) is 0 Å². The summed E-state index contributed by atoms with van der Waals surface area (Å²) in [4.78, 5) is 12.9. The second-order valence-corrected chi connectivity index (χ2v) is 5.92. The van der Waals surface area contributed by atoms with Crippen LogP contribution in [0, 0.1) is 0 Å². The SMILES string of the molecule is CSc1ccccc1NC(=O)NCCSc1nnnn1C. The third-order valence-corrected chi connectivity index (χ3v) is 4.36. The Morgan fingerprint density at radius 2 is 2.19 bits per heavy atom. The highest BCUT2D eigenvalue weighted by Gasteiger charge is 2.06. The van der Waals surface area contributed by atoms with Crippen LogP contribution in [0.25, 0.3) is 0 Å². The van der Waals surface area contributed by atoms with Crippen LogP contribution in [-0.4, -0.2) is 44.8 Å². The first-order chi connectivity index (χ1) is 10.2. The van der Waals surface area contributed by atoms with Gasteiger partial charge in [0.15, 0.2) is 0 Å². The molecule has 0 aliphatic heterocycles. The number of nitrogens with zero attached hydrogens (tertiary/aromatic N) is 4. The summed E-state index contributed by atoms with van der Waals surface area (Å²) in [5, 5.41) is 17.5. The van der Waals surface area contributed by atoms with Gasteiger partial charge in [-0.1, -0.05) is 23.9 Å². The van der Waals surface area contributed by atoms with Crippen LogP contribution in [0.4, 0.5) is 10.5 Å². The second kappa shape index (κ2) is 7.89. The molecule has 0 atom stereocenters. The van der Waals surface area contributed by atoms with E-state index in [1.807, 2.05) is 30.5 Å². The van der Waals surface area contributed by atoms with Gasteiger partial charge in [-0.15, -0.1) is 16.9 Å². The molecular weight excluding hydrogens is 308 g/mol. The molecule has 1 heterocycles. The summed E-state index contributed by atoms with van der Waals surface area (Å²) < 4.78 is 1.60. The normalized spacial score (nSPS) is 10.4. The lowest BCUT2D eigenvalue weighted by Crippen LogP contribution is -2.30. The highest BCUT2D eigenvalue weighted by atomic mass is 32.2. The van der Waals surface area contributed by atoms with Gasteiger partial charge in [-0.3, -0.25) is 0 Å². The first-order valence-electron chi connectivity index (χ1n) is 6.23. The lowest BCUT2D eigenvalue weighted by Gasteiger charge is -2.10. The van der Waals surface area contributed by atoms with Crippen molar-refractivity contribution in [3.05, 3.63) is 24.3 Å². The summed E-state index contributed by atoms with van der Waals surface area (Å²) in [5.74, 6) is 0.700. The van der Waals surface area contributed by atoms with Crippen LogP contribution in [-0.2, 0) is 7.05 Å². The lowest BCUT2D eigenvalue weighted by molar-refractivity contribution is 0.252. The van der Waals surface area contributed by atoms with E-state index in [0.29, 0.717) is 12.3 Å². The molecule has 0 fully saturated rings. The fraction of sp³-hybridized carbons (Fsp3) is 0.333. The minimum absolute atomic E-state index is 0.215. The summed E-state index contributed by atoms with van der Waals surface area (Å²) in [6.45, 7) is 0.533. The number of nitrogens with one attached hydrogen (secondary N) is 2. The molecule has 2 amide bonds. The average molecular weight is 324 g/mol. The summed E-state index contributed by atoms with van der Waals surface area (Å²) in [6, 6.07) is 7.48. The van der Waals surface area contributed by atoms with E-state index < -0.39 is 0 Å². The Labute approximate surface area is 131 Å². The van der Waals surface area contributed by atoms with Crippen LogP contribution < -0.4 is 10.6 Å². The minimum atomic E-state index is -0.215. The Hall–Kier alpha value is -1.74. The number of para-hydroxylation sites is 1.